The van der Waals surface area contributed by atoms with Crippen LogP contribution in [0.2, 0.25) is 0 Å². The molecule has 9 nitrogen and oxygen atoms in total. The van der Waals surface area contributed by atoms with Crippen LogP contribution in [0.3, 0.4) is 0 Å². The van der Waals surface area contributed by atoms with E-state index in [0.29, 0.717) is 12.8 Å². The van der Waals surface area contributed by atoms with E-state index in [2.05, 4.69) is 0 Å². The Balaban J connectivity index is 2.21. The van der Waals surface area contributed by atoms with E-state index in [9.17, 15) is 19.2 Å². The van der Waals surface area contributed by atoms with Gasteiger partial charge in [-0.25, -0.2) is 19.6 Å². The Labute approximate surface area is 182 Å². The fraction of sp³-hybridized carbons (Fsp3) is 0.545. The molecule has 9 heteroatoms. The Morgan fingerprint density at radius 1 is 1.06 bits per heavy atom. The highest BCUT2D eigenvalue weighted by atomic mass is 16.6. The predicted molar refractivity (Wildman–Crippen MR) is 110 cm³/mol. The van der Waals surface area contributed by atoms with Gasteiger partial charge in [0.25, 0.3) is 5.91 Å². The van der Waals surface area contributed by atoms with E-state index in [-0.39, 0.29) is 19.8 Å². The van der Waals surface area contributed by atoms with Crippen LogP contribution in [0, 0.1) is 0 Å². The molecule has 0 bridgehead atoms. The molecule has 0 radical (unpaired) electrons. The van der Waals surface area contributed by atoms with E-state index < -0.39 is 42.0 Å². The van der Waals surface area contributed by atoms with Gasteiger partial charge >= 0.3 is 18.0 Å². The second-order valence-corrected chi connectivity index (χ2v) is 8.07. The summed E-state index contributed by atoms with van der Waals surface area (Å²) in [5.41, 5.74) is 0.00389. The van der Waals surface area contributed by atoms with Gasteiger partial charge in [0, 0.05) is 6.54 Å². The van der Waals surface area contributed by atoms with Gasteiger partial charge in [-0.3, -0.25) is 9.59 Å². The van der Waals surface area contributed by atoms with Crippen molar-refractivity contribution in [1.82, 2.24) is 10.0 Å². The minimum atomic E-state index is -1.04. The molecule has 1 aromatic rings. The number of hydrazine groups is 1. The summed E-state index contributed by atoms with van der Waals surface area (Å²) in [6.45, 7) is 7.05. The van der Waals surface area contributed by atoms with Crippen molar-refractivity contribution in [3.05, 3.63) is 35.9 Å². The molecule has 1 aromatic carbocycles. The number of benzene rings is 1. The number of nitrogens with zero attached hydrogens (tertiary/aromatic N) is 2. The quantitative estimate of drug-likeness (QED) is 0.385. The Morgan fingerprint density at radius 2 is 1.74 bits per heavy atom. The molecule has 1 unspecified atom stereocenters. The molecule has 1 saturated heterocycles. The number of carbonyl (C=O) groups is 4. The topological polar surface area (TPSA) is 102 Å². The Kier molecular flexibility index (Phi) is 8.41. The van der Waals surface area contributed by atoms with E-state index in [1.54, 1.807) is 39.8 Å². The average Bonchev–Trinajstić information content (AvgIpc) is 2.71. The van der Waals surface area contributed by atoms with Crippen LogP contribution >= 0.6 is 0 Å². The first-order valence-corrected chi connectivity index (χ1v) is 10.3. The van der Waals surface area contributed by atoms with Gasteiger partial charge in [0.05, 0.1) is 6.61 Å². The fourth-order valence-electron chi connectivity index (χ4n) is 3.12. The summed E-state index contributed by atoms with van der Waals surface area (Å²) in [5, 5.41) is 2.06. The maximum Gasteiger partial charge on any atom is 0.429 e. The molecule has 1 aliphatic heterocycles. The highest BCUT2D eigenvalue weighted by Gasteiger charge is 2.42. The first-order valence-electron chi connectivity index (χ1n) is 10.3. The number of hydrogen-bond donors (Lipinski definition) is 0. The summed E-state index contributed by atoms with van der Waals surface area (Å²) in [7, 11) is 0. The van der Waals surface area contributed by atoms with Crippen molar-refractivity contribution in [3.63, 3.8) is 0 Å². The van der Waals surface area contributed by atoms with Crippen LogP contribution in [0.5, 0.6) is 0 Å². The first-order chi connectivity index (χ1) is 14.6. The summed E-state index contributed by atoms with van der Waals surface area (Å²) < 4.78 is 15.6. The molecule has 1 atom stereocenters. The number of carbonyl (C=O) groups excluding carboxylic acids is 4. The molecular formula is C22H30N2O7. The lowest BCUT2D eigenvalue weighted by Crippen LogP contribution is -2.61. The van der Waals surface area contributed by atoms with Crippen molar-refractivity contribution in [2.45, 2.75) is 65.2 Å². The second-order valence-electron chi connectivity index (χ2n) is 8.07. The normalized spacial score (nSPS) is 16.5. The Bertz CT molecular complexity index is 789. The average molecular weight is 434 g/mol. The molecule has 0 N–H and O–H groups in total. The van der Waals surface area contributed by atoms with Gasteiger partial charge in [0.15, 0.2) is 6.04 Å². The van der Waals surface area contributed by atoms with Gasteiger partial charge in [-0.1, -0.05) is 30.3 Å². The van der Waals surface area contributed by atoms with Crippen LogP contribution in [-0.4, -0.2) is 58.8 Å². The fourth-order valence-corrected chi connectivity index (χ4v) is 3.12. The van der Waals surface area contributed by atoms with Crippen LogP contribution in [-0.2, 0) is 35.2 Å². The second kappa shape index (κ2) is 10.8. The highest BCUT2D eigenvalue weighted by molar-refractivity contribution is 5.97. The molecule has 0 saturated carbocycles. The van der Waals surface area contributed by atoms with Crippen LogP contribution in [0.15, 0.2) is 30.3 Å². The SMILES string of the molecule is CCOC(=O)CC(=O)N1C(C(=O)OC(C)(C)C)CCCN1C(=O)OCc1ccccc1. The number of ether oxygens (including phenoxy) is 3. The van der Waals surface area contributed by atoms with Crippen molar-refractivity contribution >= 4 is 23.9 Å². The molecule has 31 heavy (non-hydrogen) atoms. The van der Waals surface area contributed by atoms with Crippen molar-refractivity contribution in [2.75, 3.05) is 13.2 Å². The summed E-state index contributed by atoms with van der Waals surface area (Å²) in [4.78, 5) is 50.4. The molecule has 1 aliphatic rings. The minimum absolute atomic E-state index is 0.00713. The van der Waals surface area contributed by atoms with E-state index in [0.717, 1.165) is 15.6 Å². The molecule has 0 spiro atoms. The molecule has 1 heterocycles. The molecule has 0 aliphatic carbocycles. The van der Waals surface area contributed by atoms with E-state index in [1.807, 2.05) is 18.2 Å². The predicted octanol–water partition coefficient (Wildman–Crippen LogP) is 2.83. The van der Waals surface area contributed by atoms with Crippen molar-refractivity contribution < 1.29 is 33.4 Å². The zero-order chi connectivity index (χ0) is 23.0. The van der Waals surface area contributed by atoms with Gasteiger partial charge in [-0.2, -0.15) is 0 Å². The molecular weight excluding hydrogens is 404 g/mol. The van der Waals surface area contributed by atoms with Crippen LogP contribution in [0.4, 0.5) is 4.79 Å². The van der Waals surface area contributed by atoms with Crippen molar-refractivity contribution in [1.29, 1.82) is 0 Å². The third-order valence-corrected chi connectivity index (χ3v) is 4.35. The molecule has 0 aromatic heterocycles. The number of esters is 2. The lowest BCUT2D eigenvalue weighted by atomic mass is 10.1. The standard InChI is InChI=1S/C22H30N2O7/c1-5-29-19(26)14-18(25)24-17(20(27)31-22(2,3)4)12-9-13-23(24)21(28)30-15-16-10-7-6-8-11-16/h6-8,10-11,17H,5,9,12-15H2,1-4H3. The third kappa shape index (κ3) is 7.27. The third-order valence-electron chi connectivity index (χ3n) is 4.35. The molecule has 2 rings (SSSR count). The van der Waals surface area contributed by atoms with Gasteiger partial charge in [-0.15, -0.1) is 0 Å². The maximum atomic E-state index is 12.9. The first kappa shape index (κ1) is 24.2. The van der Waals surface area contributed by atoms with Crippen LogP contribution in [0.25, 0.3) is 0 Å². The molecule has 2 amide bonds. The maximum absolute atomic E-state index is 12.9. The molecule has 170 valence electrons. The minimum Gasteiger partial charge on any atom is -0.466 e. The van der Waals surface area contributed by atoms with E-state index >= 15 is 0 Å². The summed E-state index contributed by atoms with van der Waals surface area (Å²) in [5.74, 6) is -2.12. The van der Waals surface area contributed by atoms with Crippen molar-refractivity contribution in [2.24, 2.45) is 0 Å². The summed E-state index contributed by atoms with van der Waals surface area (Å²) in [6.07, 6.45) is -0.621. The van der Waals surface area contributed by atoms with E-state index in [4.69, 9.17) is 14.2 Å². The monoisotopic (exact) mass is 434 g/mol. The smallest absolute Gasteiger partial charge is 0.429 e. The van der Waals surface area contributed by atoms with Crippen molar-refractivity contribution in [3.8, 4) is 0 Å². The zero-order valence-corrected chi connectivity index (χ0v) is 18.5. The zero-order valence-electron chi connectivity index (χ0n) is 18.5. The van der Waals surface area contributed by atoms with Gasteiger partial charge < -0.3 is 14.2 Å². The van der Waals surface area contributed by atoms with E-state index in [1.165, 1.54) is 0 Å². The number of amides is 2. The van der Waals surface area contributed by atoms with Crippen LogP contribution in [0.1, 0.15) is 52.5 Å². The lowest BCUT2D eigenvalue weighted by Gasteiger charge is -2.42. The van der Waals surface area contributed by atoms with Gasteiger partial charge in [0.1, 0.15) is 18.6 Å². The van der Waals surface area contributed by atoms with Gasteiger partial charge in [0.2, 0.25) is 0 Å². The summed E-state index contributed by atoms with van der Waals surface area (Å²) in [6, 6.07) is 8.04. The molecule has 1 fully saturated rings. The van der Waals surface area contributed by atoms with Crippen LogP contribution < -0.4 is 0 Å². The van der Waals surface area contributed by atoms with Gasteiger partial charge in [-0.05, 0) is 46.1 Å². The number of hydrogen-bond acceptors (Lipinski definition) is 7. The lowest BCUT2D eigenvalue weighted by molar-refractivity contribution is -0.182. The Hall–Kier alpha value is -3.10. The largest absolute Gasteiger partial charge is 0.466 e. The Morgan fingerprint density at radius 3 is 2.35 bits per heavy atom. The summed E-state index contributed by atoms with van der Waals surface area (Å²) >= 11 is 0. The number of rotatable bonds is 6. The highest BCUT2D eigenvalue weighted by Crippen LogP contribution is 2.24.